The molecule has 1 fully saturated rings. The predicted molar refractivity (Wildman–Crippen MR) is 125 cm³/mol. The van der Waals surface area contributed by atoms with Gasteiger partial charge in [0.15, 0.2) is 0 Å². The molecule has 170 valence electrons. The first-order valence-corrected chi connectivity index (χ1v) is 11.7. The monoisotopic (exact) mass is 434 g/mol. The van der Waals surface area contributed by atoms with Crippen molar-refractivity contribution in [3.63, 3.8) is 0 Å². The van der Waals surface area contributed by atoms with E-state index in [4.69, 9.17) is 0 Å². The molecule has 2 amide bonds. The van der Waals surface area contributed by atoms with E-state index in [1.54, 1.807) is 4.90 Å². The standard InChI is InChI=1S/C26H34N4O2/c1-18-21(19(2)29(4)27-18)14-15-28(3)25(31)16-23-22-12-8-9-13-24(22)30(26(23)32)17-20-10-6-5-7-11-20/h5-7,10-11,24H,8-9,12-17H2,1-4H3. The lowest BCUT2D eigenvalue weighted by Crippen LogP contribution is -2.36. The molecule has 6 nitrogen and oxygen atoms in total. The van der Waals surface area contributed by atoms with Crippen molar-refractivity contribution < 1.29 is 9.59 Å². The number of aryl methyl sites for hydroxylation is 2. The number of carbonyl (C=O) groups excluding carboxylic acids is 2. The van der Waals surface area contributed by atoms with E-state index in [0.29, 0.717) is 13.1 Å². The molecule has 6 heteroatoms. The first kappa shape index (κ1) is 22.3. The fourth-order valence-electron chi connectivity index (χ4n) is 5.16. The average molecular weight is 435 g/mol. The van der Waals surface area contributed by atoms with Gasteiger partial charge in [0, 0.05) is 38.5 Å². The summed E-state index contributed by atoms with van der Waals surface area (Å²) in [6.07, 6.45) is 5.15. The third kappa shape index (κ3) is 4.36. The Morgan fingerprint density at radius 1 is 1.19 bits per heavy atom. The Morgan fingerprint density at radius 3 is 2.62 bits per heavy atom. The van der Waals surface area contributed by atoms with Crippen LogP contribution in [0, 0.1) is 13.8 Å². The molecule has 0 bridgehead atoms. The number of nitrogens with zero attached hydrogens (tertiary/aromatic N) is 4. The number of aromatic nitrogens is 2. The molecule has 0 saturated heterocycles. The average Bonchev–Trinajstić information content (AvgIpc) is 3.19. The number of fused-ring (bicyclic) bond motifs is 1. The lowest BCUT2D eigenvalue weighted by molar-refractivity contribution is -0.132. The number of hydrogen-bond acceptors (Lipinski definition) is 3. The van der Waals surface area contributed by atoms with Crippen LogP contribution >= 0.6 is 0 Å². The maximum atomic E-state index is 13.4. The van der Waals surface area contributed by atoms with Crippen molar-refractivity contribution in [2.24, 2.45) is 7.05 Å². The minimum Gasteiger partial charge on any atom is -0.345 e. The van der Waals surface area contributed by atoms with Gasteiger partial charge in [0.25, 0.3) is 5.91 Å². The van der Waals surface area contributed by atoms with Crippen LogP contribution in [0.25, 0.3) is 0 Å². The zero-order valence-corrected chi connectivity index (χ0v) is 19.7. The number of benzene rings is 1. The lowest BCUT2D eigenvalue weighted by Gasteiger charge is -2.30. The van der Waals surface area contributed by atoms with Gasteiger partial charge in [0.05, 0.1) is 18.2 Å². The Bertz CT molecular complexity index is 1040. The minimum atomic E-state index is 0.0194. The summed E-state index contributed by atoms with van der Waals surface area (Å²) in [7, 11) is 3.79. The van der Waals surface area contributed by atoms with Crippen LogP contribution in [-0.4, -0.2) is 51.0 Å². The van der Waals surface area contributed by atoms with Gasteiger partial charge in [0.1, 0.15) is 0 Å². The Balaban J connectivity index is 1.44. The number of hydrogen-bond donors (Lipinski definition) is 0. The Kier molecular flexibility index (Phi) is 6.49. The summed E-state index contributed by atoms with van der Waals surface area (Å²) in [5.41, 5.74) is 6.45. The molecule has 0 spiro atoms. The second-order valence-electron chi connectivity index (χ2n) is 9.20. The summed E-state index contributed by atoms with van der Waals surface area (Å²) in [6.45, 7) is 5.31. The molecule has 2 heterocycles. The fraction of sp³-hybridized carbons (Fsp3) is 0.500. The molecule has 1 aliphatic heterocycles. The molecule has 32 heavy (non-hydrogen) atoms. The van der Waals surface area contributed by atoms with E-state index in [2.05, 4.69) is 24.2 Å². The van der Waals surface area contributed by atoms with E-state index in [1.807, 2.05) is 48.8 Å². The number of amides is 2. The fourth-order valence-corrected chi connectivity index (χ4v) is 5.16. The van der Waals surface area contributed by atoms with Gasteiger partial charge >= 0.3 is 0 Å². The smallest absolute Gasteiger partial charge is 0.251 e. The van der Waals surface area contributed by atoms with E-state index >= 15 is 0 Å². The molecule has 1 aliphatic carbocycles. The second kappa shape index (κ2) is 9.31. The molecule has 4 rings (SSSR count). The van der Waals surface area contributed by atoms with E-state index in [1.165, 1.54) is 11.1 Å². The number of rotatable bonds is 7. The summed E-state index contributed by atoms with van der Waals surface area (Å²) in [5, 5.41) is 4.47. The molecular weight excluding hydrogens is 400 g/mol. The predicted octanol–water partition coefficient (Wildman–Crippen LogP) is 3.71. The van der Waals surface area contributed by atoms with Crippen LogP contribution in [0.15, 0.2) is 41.5 Å². The van der Waals surface area contributed by atoms with Crippen LogP contribution in [0.3, 0.4) is 0 Å². The van der Waals surface area contributed by atoms with Crippen LogP contribution in [0.1, 0.15) is 54.6 Å². The highest BCUT2D eigenvalue weighted by Gasteiger charge is 2.40. The molecule has 0 N–H and O–H groups in total. The highest BCUT2D eigenvalue weighted by molar-refractivity contribution is 6.02. The van der Waals surface area contributed by atoms with Crippen molar-refractivity contribution >= 4 is 11.8 Å². The molecule has 2 aromatic rings. The molecule has 1 atom stereocenters. The second-order valence-corrected chi connectivity index (χ2v) is 9.20. The summed E-state index contributed by atoms with van der Waals surface area (Å²) in [5.74, 6) is 0.0717. The zero-order chi connectivity index (χ0) is 22.8. The third-order valence-corrected chi connectivity index (χ3v) is 7.16. The largest absolute Gasteiger partial charge is 0.345 e. The van der Waals surface area contributed by atoms with Crippen LogP contribution in [0.4, 0.5) is 0 Å². The van der Waals surface area contributed by atoms with Crippen LogP contribution in [-0.2, 0) is 29.6 Å². The quantitative estimate of drug-likeness (QED) is 0.668. The van der Waals surface area contributed by atoms with Gasteiger partial charge in [-0.05, 0) is 56.2 Å². The molecule has 1 unspecified atom stereocenters. The first-order valence-electron chi connectivity index (χ1n) is 11.7. The summed E-state index contributed by atoms with van der Waals surface area (Å²) >= 11 is 0. The minimum absolute atomic E-state index is 0.0194. The first-order chi connectivity index (χ1) is 15.4. The molecule has 1 aromatic carbocycles. The van der Waals surface area contributed by atoms with Crippen LogP contribution in [0.2, 0.25) is 0 Å². The Labute approximate surface area is 190 Å². The highest BCUT2D eigenvalue weighted by atomic mass is 16.2. The lowest BCUT2D eigenvalue weighted by atomic mass is 9.88. The number of carbonyl (C=O) groups is 2. The van der Waals surface area contributed by atoms with Crippen molar-refractivity contribution in [2.45, 2.75) is 65.0 Å². The summed E-state index contributed by atoms with van der Waals surface area (Å²) in [4.78, 5) is 30.2. The summed E-state index contributed by atoms with van der Waals surface area (Å²) in [6, 6.07) is 10.3. The van der Waals surface area contributed by atoms with Crippen molar-refractivity contribution in [2.75, 3.05) is 13.6 Å². The highest BCUT2D eigenvalue weighted by Crippen LogP contribution is 2.38. The Morgan fingerprint density at radius 2 is 1.94 bits per heavy atom. The van der Waals surface area contributed by atoms with Crippen LogP contribution in [0.5, 0.6) is 0 Å². The van der Waals surface area contributed by atoms with E-state index in [0.717, 1.165) is 54.6 Å². The van der Waals surface area contributed by atoms with Gasteiger partial charge in [-0.2, -0.15) is 5.10 Å². The molecule has 0 radical (unpaired) electrons. The zero-order valence-electron chi connectivity index (χ0n) is 19.7. The molecule has 1 aromatic heterocycles. The van der Waals surface area contributed by atoms with E-state index in [9.17, 15) is 9.59 Å². The molecule has 1 saturated carbocycles. The van der Waals surface area contributed by atoms with Crippen molar-refractivity contribution in [3.05, 3.63) is 64.0 Å². The van der Waals surface area contributed by atoms with Crippen molar-refractivity contribution in [1.29, 1.82) is 0 Å². The van der Waals surface area contributed by atoms with Crippen LogP contribution < -0.4 is 0 Å². The van der Waals surface area contributed by atoms with Gasteiger partial charge in [-0.25, -0.2) is 0 Å². The third-order valence-electron chi connectivity index (χ3n) is 7.16. The Hall–Kier alpha value is -2.89. The van der Waals surface area contributed by atoms with Gasteiger partial charge in [-0.15, -0.1) is 0 Å². The molecule has 2 aliphatic rings. The van der Waals surface area contributed by atoms with Gasteiger partial charge < -0.3 is 9.80 Å². The van der Waals surface area contributed by atoms with Crippen molar-refractivity contribution in [3.8, 4) is 0 Å². The van der Waals surface area contributed by atoms with Gasteiger partial charge in [-0.1, -0.05) is 36.8 Å². The maximum absolute atomic E-state index is 13.4. The SMILES string of the molecule is Cc1nn(C)c(C)c1CCN(C)C(=O)CC1=C2CCCCC2N(Cc2ccccc2)C1=O. The maximum Gasteiger partial charge on any atom is 0.251 e. The van der Waals surface area contributed by atoms with Gasteiger partial charge in [0.2, 0.25) is 5.91 Å². The topological polar surface area (TPSA) is 58.4 Å². The number of likely N-dealkylation sites (N-methyl/N-ethyl adjacent to an activating group) is 1. The normalized spacial score (nSPS) is 18.3. The van der Waals surface area contributed by atoms with E-state index < -0.39 is 0 Å². The molecular formula is C26H34N4O2. The summed E-state index contributed by atoms with van der Waals surface area (Å²) < 4.78 is 1.89. The van der Waals surface area contributed by atoms with E-state index in [-0.39, 0.29) is 24.3 Å². The van der Waals surface area contributed by atoms with Gasteiger partial charge in [-0.3, -0.25) is 14.3 Å². The van der Waals surface area contributed by atoms with Crippen molar-refractivity contribution in [1.82, 2.24) is 19.6 Å².